The van der Waals surface area contributed by atoms with Gasteiger partial charge < -0.3 is 20.0 Å². The molecule has 1 saturated carbocycles. The van der Waals surface area contributed by atoms with Crippen LogP contribution in [0.3, 0.4) is 0 Å². The van der Waals surface area contributed by atoms with Gasteiger partial charge in [-0.25, -0.2) is 0 Å². The van der Waals surface area contributed by atoms with Crippen LogP contribution in [0.25, 0.3) is 0 Å². The monoisotopic (exact) mass is 450 g/mol. The molecule has 176 valence electrons. The second-order valence-electron chi connectivity index (χ2n) is 9.27. The van der Waals surface area contributed by atoms with Gasteiger partial charge in [-0.2, -0.15) is 5.10 Å². The van der Waals surface area contributed by atoms with E-state index in [2.05, 4.69) is 32.5 Å². The van der Waals surface area contributed by atoms with Gasteiger partial charge in [0.05, 0.1) is 5.92 Å². The summed E-state index contributed by atoms with van der Waals surface area (Å²) >= 11 is 0. The highest BCUT2D eigenvalue weighted by Gasteiger charge is 2.26. The summed E-state index contributed by atoms with van der Waals surface area (Å²) in [5, 5.41) is 10.2. The topological polar surface area (TPSA) is 84.6 Å². The van der Waals surface area contributed by atoms with Crippen LogP contribution < -0.4 is 10.2 Å². The molecule has 1 aromatic heterocycles. The number of H-pyrrole nitrogens is 1. The summed E-state index contributed by atoms with van der Waals surface area (Å²) in [6, 6.07) is 10.1. The molecule has 0 spiro atoms. The van der Waals surface area contributed by atoms with Crippen LogP contribution in [-0.2, 0) is 9.59 Å². The van der Waals surface area contributed by atoms with Gasteiger partial charge in [-0.15, -0.1) is 0 Å². The van der Waals surface area contributed by atoms with E-state index in [-0.39, 0.29) is 17.7 Å². The molecular formula is C25H34N6O2. The molecule has 2 N–H and O–H groups in total. The molecule has 2 heterocycles. The maximum Gasteiger partial charge on any atom is 0.246 e. The van der Waals surface area contributed by atoms with Gasteiger partial charge in [-0.1, -0.05) is 18.2 Å². The first-order chi connectivity index (χ1) is 15.9. The highest BCUT2D eigenvalue weighted by atomic mass is 16.2. The summed E-state index contributed by atoms with van der Waals surface area (Å²) in [5.41, 5.74) is 3.15. The molecule has 4 rings (SSSR count). The Morgan fingerprint density at radius 1 is 1.21 bits per heavy atom. The Kier molecular flexibility index (Phi) is 7.13. The smallest absolute Gasteiger partial charge is 0.246 e. The molecule has 2 aromatic rings. The molecule has 1 aromatic carbocycles. The summed E-state index contributed by atoms with van der Waals surface area (Å²) in [6.07, 6.45) is 5.95. The Hall–Kier alpha value is -3.13. The number of aromatic nitrogens is 2. The average Bonchev–Trinajstić information content (AvgIpc) is 3.57. The van der Waals surface area contributed by atoms with Gasteiger partial charge in [0.2, 0.25) is 11.8 Å². The Balaban J connectivity index is 1.32. The van der Waals surface area contributed by atoms with Crippen molar-refractivity contribution in [3.8, 4) is 0 Å². The second-order valence-corrected chi connectivity index (χ2v) is 9.27. The van der Waals surface area contributed by atoms with E-state index >= 15 is 0 Å². The summed E-state index contributed by atoms with van der Waals surface area (Å²) in [7, 11) is 3.96. The van der Waals surface area contributed by atoms with E-state index in [1.54, 1.807) is 6.08 Å². The van der Waals surface area contributed by atoms with Crippen molar-refractivity contribution < 1.29 is 9.59 Å². The van der Waals surface area contributed by atoms with Crippen LogP contribution in [0.5, 0.6) is 0 Å². The van der Waals surface area contributed by atoms with Crippen LogP contribution in [0.1, 0.15) is 42.9 Å². The number of aromatic amines is 1. The van der Waals surface area contributed by atoms with Crippen LogP contribution in [0.2, 0.25) is 0 Å². The molecular weight excluding hydrogens is 416 g/mol. The minimum absolute atomic E-state index is 0.0683. The fourth-order valence-electron chi connectivity index (χ4n) is 4.04. The molecule has 1 aliphatic heterocycles. The number of hydrogen-bond acceptors (Lipinski definition) is 5. The predicted octanol–water partition coefficient (Wildman–Crippen LogP) is 2.80. The Labute approximate surface area is 195 Å². The zero-order valence-corrected chi connectivity index (χ0v) is 19.8. The SMILES string of the molecule is CC(C(=O)Nc1cc(C2CC2)[nH]n1)c1cccc(N2CCN(C(=O)/C=C/CN(C)C)CC2)c1. The molecule has 8 nitrogen and oxygen atoms in total. The van der Waals surface area contributed by atoms with E-state index in [0.717, 1.165) is 36.6 Å². The first-order valence-electron chi connectivity index (χ1n) is 11.7. The van der Waals surface area contributed by atoms with E-state index in [0.29, 0.717) is 24.8 Å². The van der Waals surface area contributed by atoms with E-state index < -0.39 is 0 Å². The van der Waals surface area contributed by atoms with E-state index in [9.17, 15) is 9.59 Å². The summed E-state index contributed by atoms with van der Waals surface area (Å²) in [4.78, 5) is 31.4. The third-order valence-electron chi connectivity index (χ3n) is 6.32. The molecule has 0 radical (unpaired) electrons. The van der Waals surface area contributed by atoms with Crippen LogP contribution in [-0.4, -0.2) is 78.6 Å². The number of hydrogen-bond donors (Lipinski definition) is 2. The van der Waals surface area contributed by atoms with Crippen LogP contribution in [0, 0.1) is 0 Å². The number of nitrogens with zero attached hydrogens (tertiary/aromatic N) is 4. The van der Waals surface area contributed by atoms with Crippen LogP contribution in [0.4, 0.5) is 11.5 Å². The van der Waals surface area contributed by atoms with Gasteiger partial charge in [0.1, 0.15) is 0 Å². The lowest BCUT2D eigenvalue weighted by Gasteiger charge is -2.36. The molecule has 1 atom stereocenters. The van der Waals surface area contributed by atoms with Gasteiger partial charge in [0.25, 0.3) is 0 Å². The predicted molar refractivity (Wildman–Crippen MR) is 131 cm³/mol. The third-order valence-corrected chi connectivity index (χ3v) is 6.32. The molecule has 33 heavy (non-hydrogen) atoms. The highest BCUT2D eigenvalue weighted by Crippen LogP contribution is 2.39. The number of anilines is 2. The maximum absolute atomic E-state index is 12.8. The molecule has 1 unspecified atom stereocenters. The van der Waals surface area contributed by atoms with Crippen LogP contribution >= 0.6 is 0 Å². The zero-order valence-electron chi connectivity index (χ0n) is 19.8. The summed E-state index contributed by atoms with van der Waals surface area (Å²) in [6.45, 7) is 5.59. The molecule has 2 aliphatic rings. The fraction of sp³-hybridized carbons (Fsp3) is 0.480. The number of rotatable bonds is 8. The van der Waals surface area contributed by atoms with E-state index in [4.69, 9.17) is 0 Å². The number of piperazine rings is 1. The van der Waals surface area contributed by atoms with Gasteiger partial charge in [0.15, 0.2) is 5.82 Å². The molecule has 2 amide bonds. The minimum atomic E-state index is -0.296. The molecule has 0 bridgehead atoms. The van der Waals surface area contributed by atoms with Crippen molar-refractivity contribution >= 4 is 23.3 Å². The Morgan fingerprint density at radius 2 is 1.97 bits per heavy atom. The first kappa shape index (κ1) is 23.0. The van der Waals surface area contributed by atoms with Crippen LogP contribution in [0.15, 0.2) is 42.5 Å². The van der Waals surface area contributed by atoms with Gasteiger partial charge in [0, 0.05) is 62.2 Å². The Bertz CT molecular complexity index is 1000. The third kappa shape index (κ3) is 6.01. The lowest BCUT2D eigenvalue weighted by atomic mass is 9.99. The summed E-state index contributed by atoms with van der Waals surface area (Å²) in [5.74, 6) is 0.864. The van der Waals surface area contributed by atoms with Crippen molar-refractivity contribution in [3.63, 3.8) is 0 Å². The normalized spacial score (nSPS) is 17.6. The summed E-state index contributed by atoms with van der Waals surface area (Å²) < 4.78 is 0. The molecule has 1 aliphatic carbocycles. The molecule has 8 heteroatoms. The van der Waals surface area contributed by atoms with Crippen molar-refractivity contribution in [1.29, 1.82) is 0 Å². The van der Waals surface area contributed by atoms with Gasteiger partial charge in [-0.3, -0.25) is 14.7 Å². The standard InChI is InChI=1S/C25H34N6O2/c1-18(25(33)26-23-17-22(27-28-23)19-9-10-19)20-6-4-7-21(16-20)30-12-14-31(15-13-30)24(32)8-5-11-29(2)3/h4-8,16-19H,9-15H2,1-3H3,(H2,26,27,28,33)/b8-5+. The van der Waals surface area contributed by atoms with Gasteiger partial charge in [-0.05, 0) is 51.6 Å². The molecule has 2 fully saturated rings. The Morgan fingerprint density at radius 3 is 2.67 bits per heavy atom. The largest absolute Gasteiger partial charge is 0.368 e. The van der Waals surface area contributed by atoms with Crippen molar-refractivity contribution in [2.24, 2.45) is 0 Å². The average molecular weight is 451 g/mol. The lowest BCUT2D eigenvalue weighted by Crippen LogP contribution is -2.48. The minimum Gasteiger partial charge on any atom is -0.368 e. The number of carbonyl (C=O) groups excluding carboxylic acids is 2. The van der Waals surface area contributed by atoms with Crippen molar-refractivity contribution in [1.82, 2.24) is 20.0 Å². The van der Waals surface area contributed by atoms with E-state index in [1.807, 2.05) is 55.1 Å². The molecule has 1 saturated heterocycles. The highest BCUT2D eigenvalue weighted by molar-refractivity contribution is 5.95. The lowest BCUT2D eigenvalue weighted by molar-refractivity contribution is -0.126. The number of nitrogens with one attached hydrogen (secondary N) is 2. The zero-order chi connectivity index (χ0) is 23.4. The second kappa shape index (κ2) is 10.2. The van der Waals surface area contributed by atoms with Crippen molar-refractivity contribution in [2.75, 3.05) is 57.0 Å². The number of likely N-dealkylation sites (N-methyl/N-ethyl adjacent to an activating group) is 1. The number of amides is 2. The number of benzene rings is 1. The first-order valence-corrected chi connectivity index (χ1v) is 11.7. The van der Waals surface area contributed by atoms with Gasteiger partial charge >= 0.3 is 0 Å². The van der Waals surface area contributed by atoms with E-state index in [1.165, 1.54) is 12.8 Å². The number of carbonyl (C=O) groups is 2. The van der Waals surface area contributed by atoms with Crippen molar-refractivity contribution in [2.45, 2.75) is 31.6 Å². The fourth-order valence-corrected chi connectivity index (χ4v) is 4.04. The van der Waals surface area contributed by atoms with Crippen molar-refractivity contribution in [3.05, 3.63) is 53.7 Å². The quantitative estimate of drug-likeness (QED) is 0.604. The maximum atomic E-state index is 12.8.